The molecule has 2 aliphatic carbocycles. The van der Waals surface area contributed by atoms with Crippen LogP contribution in [0.1, 0.15) is 0 Å². The maximum atomic E-state index is 10.2. The third-order valence-electron chi connectivity index (χ3n) is 2.08. The van der Waals surface area contributed by atoms with Crippen LogP contribution in [0.5, 0.6) is 0 Å². The van der Waals surface area contributed by atoms with Crippen molar-refractivity contribution in [3.63, 3.8) is 0 Å². The fourth-order valence-electron chi connectivity index (χ4n) is 1.31. The summed E-state index contributed by atoms with van der Waals surface area (Å²) in [6, 6.07) is 1.55. The molecule has 2 rings (SSSR count). The second-order valence-electron chi connectivity index (χ2n) is 3.37. The van der Waals surface area contributed by atoms with Crippen LogP contribution < -0.4 is 9.56 Å². The molecule has 0 saturated heterocycles. The fraction of sp³-hybridized carbons (Fsp3) is 0. The molecule has 2 amide bonds. The fourth-order valence-corrected chi connectivity index (χ4v) is 1.90. The van der Waals surface area contributed by atoms with Crippen molar-refractivity contribution in [1.82, 2.24) is 9.56 Å². The SMILES string of the molecule is O=C(NCl)NS(=O)(=O)Cl.O=[N+]([O-])c1cc2cc([N+](=O)[O-])c1=2. The van der Waals surface area contributed by atoms with Gasteiger partial charge in [-0.1, -0.05) is 0 Å². The molecule has 114 valence electrons. The molecular formula is C7H4Cl2N4O7S. The molecule has 11 nitrogen and oxygen atoms in total. The number of urea groups is 1. The lowest BCUT2D eigenvalue weighted by molar-refractivity contribution is -0.397. The van der Waals surface area contributed by atoms with E-state index in [1.54, 1.807) is 0 Å². The van der Waals surface area contributed by atoms with Crippen molar-refractivity contribution in [2.24, 2.45) is 0 Å². The van der Waals surface area contributed by atoms with Crippen LogP contribution in [0, 0.1) is 30.7 Å². The van der Waals surface area contributed by atoms with Gasteiger partial charge in [0.05, 0.1) is 9.85 Å². The molecule has 0 aliphatic heterocycles. The van der Waals surface area contributed by atoms with Crippen LogP contribution in [-0.4, -0.2) is 24.3 Å². The summed E-state index contributed by atoms with van der Waals surface area (Å²) in [4.78, 5) is 30.6. The molecule has 0 radical (unpaired) electrons. The Bertz CT molecular complexity index is 783. The second kappa shape index (κ2) is 6.07. The number of carbonyl (C=O) groups excluding carboxylic acids is 1. The van der Waals surface area contributed by atoms with Gasteiger partial charge in [-0.2, -0.15) is 8.42 Å². The highest BCUT2D eigenvalue weighted by Gasteiger charge is 2.28. The van der Waals surface area contributed by atoms with E-state index in [-0.39, 0.29) is 16.6 Å². The van der Waals surface area contributed by atoms with Crippen molar-refractivity contribution in [3.05, 3.63) is 42.8 Å². The van der Waals surface area contributed by atoms with E-state index in [1.165, 1.54) is 21.7 Å². The Labute approximate surface area is 125 Å². The topological polar surface area (TPSA) is 162 Å². The maximum Gasteiger partial charge on any atom is 0.343 e. The quantitative estimate of drug-likeness (QED) is 0.358. The van der Waals surface area contributed by atoms with Gasteiger partial charge in [0.2, 0.25) is 0 Å². The average Bonchev–Trinajstić information content (AvgIpc) is 2.29. The lowest BCUT2D eigenvalue weighted by Crippen LogP contribution is -2.32. The predicted octanol–water partition coefficient (Wildman–Crippen LogP) is 1.03. The Morgan fingerprint density at radius 1 is 1.14 bits per heavy atom. The van der Waals surface area contributed by atoms with E-state index >= 15 is 0 Å². The first-order valence-electron chi connectivity index (χ1n) is 4.67. The van der Waals surface area contributed by atoms with Crippen molar-refractivity contribution in [1.29, 1.82) is 0 Å². The molecule has 21 heavy (non-hydrogen) atoms. The molecule has 2 N–H and O–H groups in total. The number of amides is 2. The molecule has 0 saturated carbocycles. The van der Waals surface area contributed by atoms with Crippen molar-refractivity contribution < 1.29 is 23.1 Å². The van der Waals surface area contributed by atoms with Crippen molar-refractivity contribution in [2.75, 3.05) is 0 Å². The van der Waals surface area contributed by atoms with E-state index in [1.807, 2.05) is 0 Å². The average molecular weight is 359 g/mol. The van der Waals surface area contributed by atoms with Gasteiger partial charge in [0.1, 0.15) is 5.22 Å². The van der Waals surface area contributed by atoms with E-state index in [0.717, 1.165) is 0 Å². The van der Waals surface area contributed by atoms with E-state index in [4.69, 9.17) is 0 Å². The Hall–Kier alpha value is -2.18. The van der Waals surface area contributed by atoms with Gasteiger partial charge in [0, 0.05) is 39.8 Å². The molecule has 0 heterocycles. The summed E-state index contributed by atoms with van der Waals surface area (Å²) in [7, 11) is 0.539. The Kier molecular flexibility index (Phi) is 4.88. The van der Waals surface area contributed by atoms with Crippen LogP contribution in [0.15, 0.2) is 12.1 Å². The highest BCUT2D eigenvalue weighted by molar-refractivity contribution is 8.12. The number of hydrogen-bond donors (Lipinski definition) is 2. The van der Waals surface area contributed by atoms with E-state index in [2.05, 4.69) is 22.5 Å². The number of hydrogen-bond acceptors (Lipinski definition) is 7. The monoisotopic (exact) mass is 358 g/mol. The molecule has 0 aromatic carbocycles. The van der Waals surface area contributed by atoms with Gasteiger partial charge in [0.25, 0.3) is 11.4 Å². The van der Waals surface area contributed by atoms with Gasteiger partial charge in [-0.3, -0.25) is 20.2 Å². The van der Waals surface area contributed by atoms with Crippen LogP contribution in [0.3, 0.4) is 0 Å². The second-order valence-corrected chi connectivity index (χ2v) is 5.85. The molecular weight excluding hydrogens is 355 g/mol. The minimum Gasteiger partial charge on any atom is -0.258 e. The zero-order valence-corrected chi connectivity index (χ0v) is 11.9. The number of benzene rings is 1. The van der Waals surface area contributed by atoms with E-state index in [9.17, 15) is 33.4 Å². The number of nitrogens with one attached hydrogen (secondary N) is 2. The summed E-state index contributed by atoms with van der Waals surface area (Å²) in [6.07, 6.45) is 0. The summed E-state index contributed by atoms with van der Waals surface area (Å²) < 4.78 is 21.2. The number of nitro groups is 2. The number of nitrogens with zero attached hydrogens (tertiary/aromatic N) is 2. The van der Waals surface area contributed by atoms with Gasteiger partial charge in [-0.25, -0.2) is 14.4 Å². The number of nitro benzene ring substituents is 2. The van der Waals surface area contributed by atoms with Gasteiger partial charge in [-0.05, 0) is 0 Å². The normalized spacial score (nSPS) is 10.8. The third kappa shape index (κ3) is 4.14. The highest BCUT2D eigenvalue weighted by Crippen LogP contribution is 2.33. The number of non-ortho nitro benzene ring substituents is 2. The summed E-state index contributed by atoms with van der Waals surface area (Å²) in [5, 5.41) is 21.2. The number of rotatable bonds is 3. The maximum absolute atomic E-state index is 10.2. The predicted molar refractivity (Wildman–Crippen MR) is 69.7 cm³/mol. The molecule has 14 heteroatoms. The van der Waals surface area contributed by atoms with Crippen LogP contribution in [0.4, 0.5) is 16.2 Å². The molecule has 2 aliphatic rings. The minimum atomic E-state index is -4.01. The van der Waals surface area contributed by atoms with E-state index < -0.39 is 25.1 Å². The molecule has 0 fully saturated rings. The third-order valence-corrected chi connectivity index (χ3v) is 2.91. The number of halogens is 2. The molecule has 0 bridgehead atoms. The molecule has 0 aromatic rings. The zero-order chi connectivity index (χ0) is 16.4. The largest absolute Gasteiger partial charge is 0.343 e. The standard InChI is InChI=1S/C6H2N2O4.CH2Cl2N2O3S/c9-7(10)4-1-3-2-5(6(3)4)8(11)12;2-4-1(6)5-9(3,7)8/h1-2H;(H2,4,5,6). The Morgan fingerprint density at radius 3 is 1.76 bits per heavy atom. The summed E-state index contributed by atoms with van der Waals surface area (Å²) in [5.74, 6) is 0. The smallest absolute Gasteiger partial charge is 0.258 e. The van der Waals surface area contributed by atoms with Crippen LogP contribution in [-0.2, 0) is 9.24 Å². The zero-order valence-electron chi connectivity index (χ0n) is 9.57. The van der Waals surface area contributed by atoms with Gasteiger partial charge < -0.3 is 0 Å². The Morgan fingerprint density at radius 2 is 1.57 bits per heavy atom. The van der Waals surface area contributed by atoms with Crippen molar-refractivity contribution in [3.8, 4) is 0 Å². The van der Waals surface area contributed by atoms with Gasteiger partial charge >= 0.3 is 15.3 Å². The van der Waals surface area contributed by atoms with Gasteiger partial charge in [-0.15, -0.1) is 0 Å². The summed E-state index contributed by atoms with van der Waals surface area (Å²) >= 11 is 4.67. The van der Waals surface area contributed by atoms with Crippen LogP contribution in [0.2, 0.25) is 0 Å². The van der Waals surface area contributed by atoms with Gasteiger partial charge in [0.15, 0.2) is 0 Å². The van der Waals surface area contributed by atoms with E-state index in [0.29, 0.717) is 5.22 Å². The summed E-state index contributed by atoms with van der Waals surface area (Å²) in [5.41, 5.74) is -0.307. The molecule has 0 aromatic heterocycles. The van der Waals surface area contributed by atoms with Crippen molar-refractivity contribution in [2.45, 2.75) is 0 Å². The van der Waals surface area contributed by atoms with Crippen molar-refractivity contribution >= 4 is 49.1 Å². The molecule has 0 unspecified atom stereocenters. The first kappa shape index (κ1) is 16.9. The first-order chi connectivity index (χ1) is 9.56. The Balaban J connectivity index is 0.000000222. The van der Waals surface area contributed by atoms with Crippen LogP contribution in [0.25, 0.3) is 0 Å². The highest BCUT2D eigenvalue weighted by atomic mass is 35.7. The minimum absolute atomic E-state index is 0.154. The lowest BCUT2D eigenvalue weighted by atomic mass is 10.0. The van der Waals surface area contributed by atoms with Crippen LogP contribution >= 0.6 is 22.5 Å². The number of carbonyl (C=O) groups is 1. The molecule has 0 atom stereocenters. The lowest BCUT2D eigenvalue weighted by Gasteiger charge is -2.04. The molecule has 0 spiro atoms. The summed E-state index contributed by atoms with van der Waals surface area (Å²) in [6.45, 7) is 0. The first-order valence-corrected chi connectivity index (χ1v) is 7.35.